The molecule has 18 heavy (non-hydrogen) atoms. The molecule has 0 saturated heterocycles. The summed E-state index contributed by atoms with van der Waals surface area (Å²) in [7, 11) is 0. The van der Waals surface area contributed by atoms with E-state index in [0.29, 0.717) is 12.5 Å². The standard InChI is InChI=1S/C12H23N3O3/c1-2-9-3-5-12(18,6-4-9)8-14-7-10(16)15-11(13)17/h9,14,18H,2-8H2,1H3,(H3,13,15,16,17). The van der Waals surface area contributed by atoms with Crippen LogP contribution in [0.2, 0.25) is 0 Å². The molecule has 0 bridgehead atoms. The first-order chi connectivity index (χ1) is 8.45. The number of carbonyl (C=O) groups is 2. The predicted molar refractivity (Wildman–Crippen MR) is 67.8 cm³/mol. The fourth-order valence-corrected chi connectivity index (χ4v) is 2.39. The van der Waals surface area contributed by atoms with Gasteiger partial charge in [-0.1, -0.05) is 13.3 Å². The maximum Gasteiger partial charge on any atom is 0.318 e. The Bertz CT molecular complexity index is 299. The molecule has 0 aliphatic heterocycles. The van der Waals surface area contributed by atoms with Crippen LogP contribution in [0.4, 0.5) is 4.79 Å². The predicted octanol–water partition coefficient (Wildman–Crippen LogP) is 0.102. The first-order valence-corrected chi connectivity index (χ1v) is 6.47. The Kier molecular flexibility index (Phi) is 5.55. The van der Waals surface area contributed by atoms with Crippen LogP contribution in [-0.2, 0) is 4.79 Å². The molecular weight excluding hydrogens is 234 g/mol. The van der Waals surface area contributed by atoms with Crippen molar-refractivity contribution in [1.82, 2.24) is 10.6 Å². The fraction of sp³-hybridized carbons (Fsp3) is 0.833. The van der Waals surface area contributed by atoms with E-state index < -0.39 is 17.5 Å². The number of hydrogen-bond acceptors (Lipinski definition) is 4. The number of primary amides is 1. The van der Waals surface area contributed by atoms with Gasteiger partial charge in [-0.15, -0.1) is 0 Å². The summed E-state index contributed by atoms with van der Waals surface area (Å²) in [5.74, 6) is 0.233. The largest absolute Gasteiger partial charge is 0.389 e. The van der Waals surface area contributed by atoms with Crippen LogP contribution < -0.4 is 16.4 Å². The molecule has 0 aromatic rings. The van der Waals surface area contributed by atoms with E-state index >= 15 is 0 Å². The molecule has 1 saturated carbocycles. The van der Waals surface area contributed by atoms with Crippen LogP contribution in [0, 0.1) is 5.92 Å². The van der Waals surface area contributed by atoms with Crippen LogP contribution in [0.15, 0.2) is 0 Å². The van der Waals surface area contributed by atoms with Crippen molar-refractivity contribution in [2.75, 3.05) is 13.1 Å². The van der Waals surface area contributed by atoms with Crippen molar-refractivity contribution in [3.05, 3.63) is 0 Å². The molecule has 0 aromatic carbocycles. The summed E-state index contributed by atoms with van der Waals surface area (Å²) < 4.78 is 0. The van der Waals surface area contributed by atoms with Gasteiger partial charge < -0.3 is 16.2 Å². The summed E-state index contributed by atoms with van der Waals surface area (Å²) in [6.45, 7) is 2.53. The number of nitrogens with one attached hydrogen (secondary N) is 2. The van der Waals surface area contributed by atoms with E-state index in [2.05, 4.69) is 12.2 Å². The second-order valence-electron chi connectivity index (χ2n) is 5.09. The Hall–Kier alpha value is -1.14. The van der Waals surface area contributed by atoms with Gasteiger partial charge in [-0.05, 0) is 31.6 Å². The molecule has 0 heterocycles. The molecule has 1 fully saturated rings. The van der Waals surface area contributed by atoms with E-state index in [1.165, 1.54) is 0 Å². The van der Waals surface area contributed by atoms with Gasteiger partial charge in [-0.2, -0.15) is 0 Å². The van der Waals surface area contributed by atoms with Crippen LogP contribution >= 0.6 is 0 Å². The summed E-state index contributed by atoms with van der Waals surface area (Å²) in [6, 6.07) is -0.857. The number of rotatable bonds is 5. The molecule has 1 aliphatic rings. The summed E-state index contributed by atoms with van der Waals surface area (Å²) in [5, 5.41) is 15.1. The highest BCUT2D eigenvalue weighted by Gasteiger charge is 2.32. The highest BCUT2D eigenvalue weighted by Crippen LogP contribution is 2.33. The van der Waals surface area contributed by atoms with Gasteiger partial charge in [-0.25, -0.2) is 4.79 Å². The first-order valence-electron chi connectivity index (χ1n) is 6.47. The minimum atomic E-state index is -0.857. The first kappa shape index (κ1) is 14.9. The molecule has 0 spiro atoms. The zero-order valence-electron chi connectivity index (χ0n) is 10.9. The summed E-state index contributed by atoms with van der Waals surface area (Å²) >= 11 is 0. The Labute approximate surface area is 107 Å². The number of aliphatic hydroxyl groups is 1. The van der Waals surface area contributed by atoms with Crippen molar-refractivity contribution in [1.29, 1.82) is 0 Å². The zero-order chi connectivity index (χ0) is 13.6. The van der Waals surface area contributed by atoms with Gasteiger partial charge in [0.05, 0.1) is 12.1 Å². The molecule has 1 rings (SSSR count). The SMILES string of the molecule is CCC1CCC(O)(CNCC(=O)NC(N)=O)CC1. The number of amides is 3. The molecule has 0 unspecified atom stereocenters. The summed E-state index contributed by atoms with van der Waals surface area (Å²) in [6.07, 6.45) is 4.74. The lowest BCUT2D eigenvalue weighted by molar-refractivity contribution is -0.119. The Morgan fingerprint density at radius 2 is 2.00 bits per heavy atom. The van der Waals surface area contributed by atoms with Crippen LogP contribution in [0.25, 0.3) is 0 Å². The van der Waals surface area contributed by atoms with Crippen molar-refractivity contribution in [2.45, 2.75) is 44.6 Å². The third kappa shape index (κ3) is 5.01. The van der Waals surface area contributed by atoms with E-state index in [9.17, 15) is 14.7 Å². The minimum Gasteiger partial charge on any atom is -0.389 e. The lowest BCUT2D eigenvalue weighted by Crippen LogP contribution is -2.47. The van der Waals surface area contributed by atoms with Crippen LogP contribution in [-0.4, -0.2) is 35.7 Å². The molecule has 5 N–H and O–H groups in total. The highest BCUT2D eigenvalue weighted by molar-refractivity contribution is 5.94. The number of imide groups is 1. The average Bonchev–Trinajstić information content (AvgIpc) is 2.29. The van der Waals surface area contributed by atoms with Crippen molar-refractivity contribution in [2.24, 2.45) is 11.7 Å². The van der Waals surface area contributed by atoms with Gasteiger partial charge in [0, 0.05) is 6.54 Å². The fourth-order valence-electron chi connectivity index (χ4n) is 2.39. The van der Waals surface area contributed by atoms with E-state index in [1.54, 1.807) is 0 Å². The molecule has 6 heteroatoms. The molecule has 3 amide bonds. The van der Waals surface area contributed by atoms with Gasteiger partial charge in [0.1, 0.15) is 0 Å². The maximum atomic E-state index is 11.1. The van der Waals surface area contributed by atoms with Crippen molar-refractivity contribution >= 4 is 11.9 Å². The van der Waals surface area contributed by atoms with Gasteiger partial charge in [0.2, 0.25) is 5.91 Å². The van der Waals surface area contributed by atoms with Gasteiger partial charge in [0.25, 0.3) is 0 Å². The Morgan fingerprint density at radius 1 is 1.39 bits per heavy atom. The highest BCUT2D eigenvalue weighted by atomic mass is 16.3. The lowest BCUT2D eigenvalue weighted by atomic mass is 9.78. The smallest absolute Gasteiger partial charge is 0.318 e. The van der Waals surface area contributed by atoms with E-state index in [0.717, 1.165) is 32.1 Å². The zero-order valence-corrected chi connectivity index (χ0v) is 10.9. The van der Waals surface area contributed by atoms with Crippen molar-refractivity contribution in [3.63, 3.8) is 0 Å². The van der Waals surface area contributed by atoms with Crippen LogP contribution in [0.3, 0.4) is 0 Å². The molecule has 0 atom stereocenters. The topological polar surface area (TPSA) is 104 Å². The number of hydrogen-bond donors (Lipinski definition) is 4. The maximum absolute atomic E-state index is 11.1. The molecule has 104 valence electrons. The van der Waals surface area contributed by atoms with E-state index in [-0.39, 0.29) is 6.54 Å². The number of nitrogens with two attached hydrogens (primary N) is 1. The van der Waals surface area contributed by atoms with Gasteiger partial charge in [0.15, 0.2) is 0 Å². The molecule has 1 aliphatic carbocycles. The molecular formula is C12H23N3O3. The molecule has 0 aromatic heterocycles. The summed E-state index contributed by atoms with van der Waals surface area (Å²) in [5.41, 5.74) is 4.09. The Morgan fingerprint density at radius 3 is 2.50 bits per heavy atom. The van der Waals surface area contributed by atoms with E-state index in [4.69, 9.17) is 5.73 Å². The van der Waals surface area contributed by atoms with Crippen molar-refractivity contribution in [3.8, 4) is 0 Å². The number of urea groups is 1. The summed E-state index contributed by atoms with van der Waals surface area (Å²) in [4.78, 5) is 21.6. The molecule has 0 radical (unpaired) electrons. The van der Waals surface area contributed by atoms with Gasteiger partial charge in [-0.3, -0.25) is 10.1 Å². The lowest BCUT2D eigenvalue weighted by Gasteiger charge is -2.35. The third-order valence-electron chi connectivity index (χ3n) is 3.62. The monoisotopic (exact) mass is 257 g/mol. The minimum absolute atomic E-state index is 0.0115. The molecule has 6 nitrogen and oxygen atoms in total. The Balaban J connectivity index is 2.22. The second-order valence-corrected chi connectivity index (χ2v) is 5.09. The third-order valence-corrected chi connectivity index (χ3v) is 3.62. The van der Waals surface area contributed by atoms with E-state index in [1.807, 2.05) is 5.32 Å². The normalized spacial score (nSPS) is 27.8. The van der Waals surface area contributed by atoms with Crippen molar-refractivity contribution < 1.29 is 14.7 Å². The number of carbonyl (C=O) groups excluding carboxylic acids is 2. The van der Waals surface area contributed by atoms with Crippen LogP contribution in [0.5, 0.6) is 0 Å². The van der Waals surface area contributed by atoms with Gasteiger partial charge >= 0.3 is 6.03 Å². The second kappa shape index (κ2) is 6.70. The quantitative estimate of drug-likeness (QED) is 0.560. The average molecular weight is 257 g/mol. The van der Waals surface area contributed by atoms with Crippen LogP contribution in [0.1, 0.15) is 39.0 Å².